The first-order valence-electron chi connectivity index (χ1n) is 8.92. The van der Waals surface area contributed by atoms with E-state index >= 15 is 0 Å². The van der Waals surface area contributed by atoms with Gasteiger partial charge in [0.2, 0.25) is 5.88 Å². The number of imidazole rings is 1. The zero-order chi connectivity index (χ0) is 18.4. The summed E-state index contributed by atoms with van der Waals surface area (Å²) in [6, 6.07) is 8.58. The molecule has 1 N–H and O–H groups in total. The minimum Gasteiger partial charge on any atom is -0.477 e. The number of nitrogens with zero attached hydrogens (tertiary/aromatic N) is 3. The highest BCUT2D eigenvalue weighted by molar-refractivity contribution is 7.98. The maximum atomic E-state index is 6.01. The van der Waals surface area contributed by atoms with Gasteiger partial charge >= 0.3 is 0 Å². The van der Waals surface area contributed by atoms with Crippen LogP contribution < -0.4 is 10.1 Å². The number of nitrogens with one attached hydrogen (secondary N) is 1. The molecule has 2 heterocycles. The fourth-order valence-corrected chi connectivity index (χ4v) is 3.08. The van der Waals surface area contributed by atoms with Gasteiger partial charge in [-0.15, -0.1) is 11.8 Å². The summed E-state index contributed by atoms with van der Waals surface area (Å²) in [6.45, 7) is 7.45. The first-order valence-corrected chi connectivity index (χ1v) is 10.1. The lowest BCUT2D eigenvalue weighted by atomic mass is 10.1. The zero-order valence-electron chi connectivity index (χ0n) is 15.6. The van der Waals surface area contributed by atoms with Crippen molar-refractivity contribution >= 4 is 22.7 Å². The molecule has 1 aromatic carbocycles. The van der Waals surface area contributed by atoms with Crippen molar-refractivity contribution in [3.8, 4) is 5.88 Å². The smallest absolute Gasteiger partial charge is 0.218 e. The Balaban J connectivity index is 1.75. The molecular weight excluding hydrogens is 344 g/mol. The lowest BCUT2D eigenvalue weighted by Crippen LogP contribution is -2.20. The van der Waals surface area contributed by atoms with Crippen molar-refractivity contribution < 1.29 is 4.74 Å². The van der Waals surface area contributed by atoms with Gasteiger partial charge in [0.25, 0.3) is 0 Å². The van der Waals surface area contributed by atoms with E-state index in [1.807, 2.05) is 12.5 Å². The van der Waals surface area contributed by atoms with Crippen molar-refractivity contribution in [2.45, 2.75) is 31.8 Å². The monoisotopic (exact) mass is 370 g/mol. The summed E-state index contributed by atoms with van der Waals surface area (Å²) < 4.78 is 8.07. The summed E-state index contributed by atoms with van der Waals surface area (Å²) >= 11 is 1.73. The van der Waals surface area contributed by atoms with E-state index in [4.69, 9.17) is 9.72 Å². The lowest BCUT2D eigenvalue weighted by Gasteiger charge is -2.14. The maximum absolute atomic E-state index is 6.01. The lowest BCUT2D eigenvalue weighted by molar-refractivity contribution is 0.259. The normalized spacial score (nSPS) is 11.4. The van der Waals surface area contributed by atoms with E-state index < -0.39 is 0 Å². The molecule has 2 aromatic heterocycles. The van der Waals surface area contributed by atoms with Crippen LogP contribution in [0.15, 0.2) is 47.9 Å². The van der Waals surface area contributed by atoms with Crippen LogP contribution in [0.4, 0.5) is 0 Å². The van der Waals surface area contributed by atoms with E-state index in [1.54, 1.807) is 18.0 Å². The summed E-state index contributed by atoms with van der Waals surface area (Å²) in [5, 5.41) is 4.63. The van der Waals surface area contributed by atoms with Gasteiger partial charge in [0.1, 0.15) is 0 Å². The summed E-state index contributed by atoms with van der Waals surface area (Å²) in [5.41, 5.74) is 2.08. The van der Waals surface area contributed by atoms with Gasteiger partial charge in [0, 0.05) is 47.9 Å². The Kier molecular flexibility index (Phi) is 6.52. The third kappa shape index (κ3) is 4.99. The summed E-state index contributed by atoms with van der Waals surface area (Å²) in [6.07, 6.45) is 7.68. The van der Waals surface area contributed by atoms with Gasteiger partial charge < -0.3 is 14.6 Å². The molecule has 0 aliphatic heterocycles. The molecular formula is C20H26N4OS. The highest BCUT2D eigenvalue weighted by atomic mass is 32.2. The second kappa shape index (κ2) is 9.05. The topological polar surface area (TPSA) is 52.0 Å². The summed E-state index contributed by atoms with van der Waals surface area (Å²) in [4.78, 5) is 10.1. The fourth-order valence-electron chi connectivity index (χ4n) is 2.65. The number of ether oxygens (including phenoxy) is 1. The van der Waals surface area contributed by atoms with Crippen molar-refractivity contribution in [1.82, 2.24) is 19.9 Å². The van der Waals surface area contributed by atoms with Crippen molar-refractivity contribution in [2.24, 2.45) is 5.92 Å². The standard InChI is InChI=1S/C20H26N4OS/c1-15(2)13-25-20-17(12-21-6-8-24-9-7-22-14-24)10-16-4-5-18(26-3)11-19(16)23-20/h4-5,7,9-11,14-15,21H,6,8,12-13H2,1-3H3. The molecule has 0 saturated heterocycles. The van der Waals surface area contributed by atoms with Crippen molar-refractivity contribution in [2.75, 3.05) is 19.4 Å². The van der Waals surface area contributed by atoms with Gasteiger partial charge in [-0.25, -0.2) is 9.97 Å². The Labute approximate surface area is 159 Å². The van der Waals surface area contributed by atoms with Crippen LogP contribution in [0.25, 0.3) is 10.9 Å². The molecule has 0 amide bonds. The van der Waals surface area contributed by atoms with Gasteiger partial charge in [-0.1, -0.05) is 19.9 Å². The first kappa shape index (κ1) is 18.7. The van der Waals surface area contributed by atoms with E-state index in [9.17, 15) is 0 Å². The largest absolute Gasteiger partial charge is 0.477 e. The molecule has 0 spiro atoms. The number of hydrogen-bond donors (Lipinski definition) is 1. The molecule has 0 saturated carbocycles. The molecule has 26 heavy (non-hydrogen) atoms. The van der Waals surface area contributed by atoms with Gasteiger partial charge in [0.05, 0.1) is 18.5 Å². The Bertz CT molecular complexity index is 833. The van der Waals surface area contributed by atoms with Gasteiger partial charge in [-0.2, -0.15) is 0 Å². The molecule has 0 atom stereocenters. The van der Waals surface area contributed by atoms with Crippen LogP contribution in [0, 0.1) is 5.92 Å². The first-order chi connectivity index (χ1) is 12.7. The highest BCUT2D eigenvalue weighted by Gasteiger charge is 2.10. The van der Waals surface area contributed by atoms with Crippen LogP contribution in [-0.4, -0.2) is 33.9 Å². The Hall–Kier alpha value is -2.05. The molecule has 0 unspecified atom stereocenters. The van der Waals surface area contributed by atoms with Crippen LogP contribution in [0.3, 0.4) is 0 Å². The van der Waals surface area contributed by atoms with Crippen LogP contribution in [-0.2, 0) is 13.1 Å². The summed E-state index contributed by atoms with van der Waals surface area (Å²) in [5.74, 6) is 1.20. The minimum absolute atomic E-state index is 0.465. The van der Waals surface area contributed by atoms with Gasteiger partial charge in [0.15, 0.2) is 0 Å². The fraction of sp³-hybridized carbons (Fsp3) is 0.400. The maximum Gasteiger partial charge on any atom is 0.218 e. The molecule has 138 valence electrons. The SMILES string of the molecule is CSc1ccc2cc(CNCCn3ccnc3)c(OCC(C)C)nc2c1. The van der Waals surface area contributed by atoms with Crippen LogP contribution >= 0.6 is 11.8 Å². The minimum atomic E-state index is 0.465. The van der Waals surface area contributed by atoms with E-state index in [0.29, 0.717) is 12.5 Å². The van der Waals surface area contributed by atoms with Crippen molar-refractivity contribution in [1.29, 1.82) is 0 Å². The van der Waals surface area contributed by atoms with Gasteiger partial charge in [-0.3, -0.25) is 0 Å². The Morgan fingerprint density at radius 1 is 1.27 bits per heavy atom. The highest BCUT2D eigenvalue weighted by Crippen LogP contribution is 2.26. The quantitative estimate of drug-likeness (QED) is 0.456. The second-order valence-corrected chi connectivity index (χ2v) is 7.57. The molecule has 0 aliphatic carbocycles. The molecule has 0 bridgehead atoms. The predicted molar refractivity (Wildman–Crippen MR) is 108 cm³/mol. The van der Waals surface area contributed by atoms with E-state index in [1.165, 1.54) is 4.90 Å². The van der Waals surface area contributed by atoms with Crippen LogP contribution in [0.5, 0.6) is 5.88 Å². The predicted octanol–water partition coefficient (Wildman–Crippen LogP) is 3.98. The van der Waals surface area contributed by atoms with Gasteiger partial charge in [-0.05, 0) is 30.4 Å². The van der Waals surface area contributed by atoms with Crippen LogP contribution in [0.2, 0.25) is 0 Å². The Morgan fingerprint density at radius 3 is 2.88 bits per heavy atom. The van der Waals surface area contributed by atoms with E-state index in [-0.39, 0.29) is 0 Å². The molecule has 5 nitrogen and oxygen atoms in total. The average Bonchev–Trinajstić information content (AvgIpc) is 3.16. The molecule has 6 heteroatoms. The summed E-state index contributed by atoms with van der Waals surface area (Å²) in [7, 11) is 0. The van der Waals surface area contributed by atoms with E-state index in [2.05, 4.69) is 59.2 Å². The number of aromatic nitrogens is 3. The molecule has 3 aromatic rings. The molecule has 0 aliphatic rings. The number of thioether (sulfide) groups is 1. The average molecular weight is 371 g/mol. The molecule has 0 fully saturated rings. The third-order valence-corrected chi connectivity index (χ3v) is 4.76. The number of benzene rings is 1. The molecule has 0 radical (unpaired) electrons. The van der Waals surface area contributed by atoms with Crippen molar-refractivity contribution in [3.63, 3.8) is 0 Å². The number of fused-ring (bicyclic) bond motifs is 1. The Morgan fingerprint density at radius 2 is 2.15 bits per heavy atom. The van der Waals surface area contributed by atoms with Crippen molar-refractivity contribution in [3.05, 3.63) is 48.5 Å². The third-order valence-electron chi connectivity index (χ3n) is 4.04. The van der Waals surface area contributed by atoms with E-state index in [0.717, 1.165) is 42.0 Å². The van der Waals surface area contributed by atoms with Crippen LogP contribution in [0.1, 0.15) is 19.4 Å². The number of rotatable bonds is 9. The zero-order valence-corrected chi connectivity index (χ0v) is 16.4. The molecule has 3 rings (SSSR count). The second-order valence-electron chi connectivity index (χ2n) is 6.69. The number of pyridine rings is 1. The number of hydrogen-bond acceptors (Lipinski definition) is 5.